The third kappa shape index (κ3) is 2.98. The molecule has 0 atom stereocenters. The normalized spacial score (nSPS) is 10.1. The van der Waals surface area contributed by atoms with Gasteiger partial charge >= 0.3 is 0 Å². The van der Waals surface area contributed by atoms with Crippen molar-refractivity contribution < 1.29 is 9.90 Å². The highest BCUT2D eigenvalue weighted by molar-refractivity contribution is 7.99. The van der Waals surface area contributed by atoms with Crippen molar-refractivity contribution in [2.75, 3.05) is 0 Å². The molecule has 0 saturated carbocycles. The van der Waals surface area contributed by atoms with Crippen LogP contribution in [-0.2, 0) is 0 Å². The van der Waals surface area contributed by atoms with Crippen molar-refractivity contribution in [3.05, 3.63) is 48.2 Å². The third-order valence-electron chi connectivity index (χ3n) is 2.08. The Bertz CT molecular complexity index is 523. The maximum atomic E-state index is 10.9. The van der Waals surface area contributed by atoms with Crippen LogP contribution in [0.1, 0.15) is 10.4 Å². The lowest BCUT2D eigenvalue weighted by atomic mass is 10.3. The highest BCUT2D eigenvalue weighted by Crippen LogP contribution is 2.27. The number of aromatic nitrogens is 1. The summed E-state index contributed by atoms with van der Waals surface area (Å²) in [6.45, 7) is 0. The van der Waals surface area contributed by atoms with E-state index in [9.17, 15) is 4.79 Å². The van der Waals surface area contributed by atoms with Crippen LogP contribution in [0.2, 0.25) is 0 Å². The van der Waals surface area contributed by atoms with E-state index in [-0.39, 0.29) is 5.75 Å². The predicted octanol–water partition coefficient (Wildman–Crippen LogP) is 2.04. The van der Waals surface area contributed by atoms with Gasteiger partial charge in [0.15, 0.2) is 0 Å². The summed E-state index contributed by atoms with van der Waals surface area (Å²) in [5, 5.41) is 9.91. The number of carbonyl (C=O) groups excluding carboxylic acids is 1. The minimum Gasteiger partial charge on any atom is -0.508 e. The van der Waals surface area contributed by atoms with Gasteiger partial charge < -0.3 is 10.8 Å². The number of aromatic hydroxyl groups is 1. The molecule has 0 bridgehead atoms. The fourth-order valence-electron chi connectivity index (χ4n) is 1.22. The quantitative estimate of drug-likeness (QED) is 0.868. The molecule has 0 unspecified atom stereocenters. The molecule has 1 aromatic heterocycles. The molecule has 0 aliphatic carbocycles. The van der Waals surface area contributed by atoms with Gasteiger partial charge in [0.2, 0.25) is 5.91 Å². The van der Waals surface area contributed by atoms with Gasteiger partial charge in [0.05, 0.1) is 5.56 Å². The monoisotopic (exact) mass is 246 g/mol. The van der Waals surface area contributed by atoms with E-state index in [0.717, 1.165) is 9.92 Å². The maximum Gasteiger partial charge on any atom is 0.250 e. The summed E-state index contributed by atoms with van der Waals surface area (Å²) in [7, 11) is 0. The number of amides is 1. The average Bonchev–Trinajstić information content (AvgIpc) is 2.33. The van der Waals surface area contributed by atoms with Gasteiger partial charge in [0.1, 0.15) is 10.8 Å². The molecule has 4 nitrogen and oxygen atoms in total. The highest BCUT2D eigenvalue weighted by atomic mass is 32.2. The van der Waals surface area contributed by atoms with E-state index in [2.05, 4.69) is 4.98 Å². The van der Waals surface area contributed by atoms with Crippen molar-refractivity contribution in [2.24, 2.45) is 5.73 Å². The fourth-order valence-corrected chi connectivity index (χ4v) is 1.98. The number of nitrogens with two attached hydrogens (primary N) is 1. The SMILES string of the molecule is NC(=O)c1ccc(Sc2ccc(O)cc2)nc1. The molecule has 5 heteroatoms. The van der Waals surface area contributed by atoms with E-state index in [1.54, 1.807) is 36.4 Å². The summed E-state index contributed by atoms with van der Waals surface area (Å²) in [6.07, 6.45) is 1.45. The minimum atomic E-state index is -0.487. The molecule has 2 aromatic rings. The number of phenolic OH excluding ortho intramolecular Hbond substituents is 1. The molecule has 1 amide bonds. The molecule has 86 valence electrons. The van der Waals surface area contributed by atoms with Gasteiger partial charge in [-0.15, -0.1) is 0 Å². The molecule has 0 aliphatic rings. The van der Waals surface area contributed by atoms with Crippen LogP contribution in [0.15, 0.2) is 52.5 Å². The van der Waals surface area contributed by atoms with Crippen LogP contribution in [0.4, 0.5) is 0 Å². The first-order valence-electron chi connectivity index (χ1n) is 4.88. The average molecular weight is 246 g/mol. The largest absolute Gasteiger partial charge is 0.508 e. The van der Waals surface area contributed by atoms with Gasteiger partial charge in [0.25, 0.3) is 0 Å². The first kappa shape index (κ1) is 11.5. The molecular weight excluding hydrogens is 236 g/mol. The van der Waals surface area contributed by atoms with E-state index in [1.807, 2.05) is 0 Å². The summed E-state index contributed by atoms with van der Waals surface area (Å²) in [6, 6.07) is 10.2. The number of hydrogen-bond acceptors (Lipinski definition) is 4. The van der Waals surface area contributed by atoms with Gasteiger partial charge in [-0.1, -0.05) is 11.8 Å². The van der Waals surface area contributed by atoms with Crippen LogP contribution < -0.4 is 5.73 Å². The summed E-state index contributed by atoms with van der Waals surface area (Å²) in [4.78, 5) is 15.9. The Morgan fingerprint density at radius 1 is 1.18 bits per heavy atom. The zero-order valence-electron chi connectivity index (χ0n) is 8.83. The summed E-state index contributed by atoms with van der Waals surface area (Å²) in [5.74, 6) is -0.259. The standard InChI is InChI=1S/C12H10N2O2S/c13-12(16)8-1-6-11(14-7-8)17-10-4-2-9(15)3-5-10/h1-7,15H,(H2,13,16). The van der Waals surface area contributed by atoms with Crippen LogP contribution >= 0.6 is 11.8 Å². The van der Waals surface area contributed by atoms with Crippen LogP contribution in [0, 0.1) is 0 Å². The summed E-state index contributed by atoms with van der Waals surface area (Å²) < 4.78 is 0. The van der Waals surface area contributed by atoms with Gasteiger partial charge in [0, 0.05) is 11.1 Å². The Hall–Kier alpha value is -2.01. The minimum absolute atomic E-state index is 0.228. The Kier molecular flexibility index (Phi) is 3.30. The third-order valence-corrected chi connectivity index (χ3v) is 3.04. The van der Waals surface area contributed by atoms with Gasteiger partial charge in [-0.3, -0.25) is 4.79 Å². The number of carbonyl (C=O) groups is 1. The van der Waals surface area contributed by atoms with Crippen molar-refractivity contribution in [2.45, 2.75) is 9.92 Å². The van der Waals surface area contributed by atoms with E-state index in [0.29, 0.717) is 5.56 Å². The van der Waals surface area contributed by atoms with Crippen LogP contribution in [-0.4, -0.2) is 16.0 Å². The smallest absolute Gasteiger partial charge is 0.250 e. The van der Waals surface area contributed by atoms with Crippen molar-refractivity contribution in [3.8, 4) is 5.75 Å². The molecule has 1 heterocycles. The van der Waals surface area contributed by atoms with Gasteiger partial charge in [-0.05, 0) is 36.4 Å². The van der Waals surface area contributed by atoms with Crippen LogP contribution in [0.3, 0.4) is 0 Å². The second-order valence-corrected chi connectivity index (χ2v) is 4.44. The molecular formula is C12H10N2O2S. The second-order valence-electron chi connectivity index (χ2n) is 3.35. The summed E-state index contributed by atoms with van der Waals surface area (Å²) in [5.41, 5.74) is 5.51. The number of benzene rings is 1. The maximum absolute atomic E-state index is 10.9. The zero-order valence-corrected chi connectivity index (χ0v) is 9.65. The lowest BCUT2D eigenvalue weighted by Crippen LogP contribution is -2.10. The molecule has 0 fully saturated rings. The lowest BCUT2D eigenvalue weighted by Gasteiger charge is -2.01. The number of hydrogen-bond donors (Lipinski definition) is 2. The molecule has 17 heavy (non-hydrogen) atoms. The van der Waals surface area contributed by atoms with Crippen LogP contribution in [0.25, 0.3) is 0 Å². The van der Waals surface area contributed by atoms with E-state index in [1.165, 1.54) is 18.0 Å². The van der Waals surface area contributed by atoms with Crippen molar-refractivity contribution in [1.29, 1.82) is 0 Å². The number of primary amides is 1. The molecule has 3 N–H and O–H groups in total. The molecule has 0 spiro atoms. The predicted molar refractivity (Wildman–Crippen MR) is 65.0 cm³/mol. The molecule has 2 rings (SSSR count). The molecule has 1 aromatic carbocycles. The Labute approximate surface area is 102 Å². The number of nitrogens with zero attached hydrogens (tertiary/aromatic N) is 1. The molecule has 0 saturated heterocycles. The van der Waals surface area contributed by atoms with Crippen molar-refractivity contribution >= 4 is 17.7 Å². The van der Waals surface area contributed by atoms with Crippen LogP contribution in [0.5, 0.6) is 5.75 Å². The van der Waals surface area contributed by atoms with Crippen molar-refractivity contribution in [3.63, 3.8) is 0 Å². The summed E-state index contributed by atoms with van der Waals surface area (Å²) >= 11 is 1.44. The number of rotatable bonds is 3. The number of pyridine rings is 1. The van der Waals surface area contributed by atoms with E-state index < -0.39 is 5.91 Å². The lowest BCUT2D eigenvalue weighted by molar-refractivity contribution is 0.1000. The number of phenols is 1. The first-order chi connectivity index (χ1) is 8.15. The van der Waals surface area contributed by atoms with Crippen molar-refractivity contribution in [1.82, 2.24) is 4.98 Å². The fraction of sp³-hybridized carbons (Fsp3) is 0. The Morgan fingerprint density at radius 2 is 1.88 bits per heavy atom. The highest BCUT2D eigenvalue weighted by Gasteiger charge is 2.02. The second kappa shape index (κ2) is 4.88. The van der Waals surface area contributed by atoms with Gasteiger partial charge in [-0.25, -0.2) is 4.98 Å². The Balaban J connectivity index is 2.13. The Morgan fingerprint density at radius 3 is 2.41 bits per heavy atom. The first-order valence-corrected chi connectivity index (χ1v) is 5.69. The topological polar surface area (TPSA) is 76.2 Å². The molecule has 0 aliphatic heterocycles. The molecule has 0 radical (unpaired) electrons. The van der Waals surface area contributed by atoms with E-state index >= 15 is 0 Å². The van der Waals surface area contributed by atoms with E-state index in [4.69, 9.17) is 10.8 Å². The zero-order chi connectivity index (χ0) is 12.3. The van der Waals surface area contributed by atoms with Gasteiger partial charge in [-0.2, -0.15) is 0 Å².